The maximum atomic E-state index is 8.83. The van der Waals surface area contributed by atoms with Gasteiger partial charge in [-0.1, -0.05) is 0 Å². The molecule has 0 saturated heterocycles. The van der Waals surface area contributed by atoms with Crippen LogP contribution in [0.5, 0.6) is 0 Å². The summed E-state index contributed by atoms with van der Waals surface area (Å²) < 4.78 is 2.05. The monoisotopic (exact) mass is 212 g/mol. The first-order valence-corrected chi connectivity index (χ1v) is 5.43. The second-order valence-corrected chi connectivity index (χ2v) is 4.26. The molecule has 2 N–H and O–H groups in total. The number of hydrogen-bond donors (Lipinski definition) is 1. The summed E-state index contributed by atoms with van der Waals surface area (Å²) in [7, 11) is 0. The van der Waals surface area contributed by atoms with Gasteiger partial charge in [0.1, 0.15) is 5.65 Å². The van der Waals surface area contributed by atoms with Crippen LogP contribution in [0.25, 0.3) is 5.65 Å². The Morgan fingerprint density at radius 3 is 3.25 bits per heavy atom. The Balaban J connectivity index is 2.22. The summed E-state index contributed by atoms with van der Waals surface area (Å²) in [6.07, 6.45) is 4.74. The first-order chi connectivity index (χ1) is 7.78. The van der Waals surface area contributed by atoms with E-state index in [0.29, 0.717) is 5.56 Å². The molecular weight excluding hydrogens is 200 g/mol. The van der Waals surface area contributed by atoms with Crippen LogP contribution < -0.4 is 5.73 Å². The lowest BCUT2D eigenvalue weighted by molar-refractivity contribution is 0.560. The molecule has 0 amide bonds. The minimum atomic E-state index is 0.239. The number of rotatable bonds is 0. The molecule has 1 aliphatic rings. The van der Waals surface area contributed by atoms with Crippen molar-refractivity contribution in [1.29, 1.82) is 5.26 Å². The predicted octanol–water partition coefficient (Wildman–Crippen LogP) is 1.02. The third-order valence-electron chi connectivity index (χ3n) is 3.14. The van der Waals surface area contributed by atoms with Gasteiger partial charge in [0, 0.05) is 24.4 Å². The van der Waals surface area contributed by atoms with Crippen LogP contribution in [0.1, 0.15) is 23.4 Å². The number of imidazole rings is 1. The van der Waals surface area contributed by atoms with E-state index >= 15 is 0 Å². The van der Waals surface area contributed by atoms with E-state index in [2.05, 4.69) is 15.5 Å². The van der Waals surface area contributed by atoms with Crippen LogP contribution in [-0.4, -0.2) is 15.4 Å². The molecule has 0 bridgehead atoms. The molecule has 1 atom stereocenters. The summed E-state index contributed by atoms with van der Waals surface area (Å²) in [5, 5.41) is 8.83. The first-order valence-electron chi connectivity index (χ1n) is 5.43. The highest BCUT2D eigenvalue weighted by molar-refractivity contribution is 5.49. The highest BCUT2D eigenvalue weighted by Crippen LogP contribution is 2.22. The van der Waals surface area contributed by atoms with E-state index in [1.807, 2.05) is 18.3 Å². The van der Waals surface area contributed by atoms with E-state index in [4.69, 9.17) is 11.0 Å². The lowest BCUT2D eigenvalue weighted by Gasteiger charge is -2.17. The fourth-order valence-corrected chi connectivity index (χ4v) is 2.30. The molecule has 1 aliphatic carbocycles. The molecule has 0 unspecified atom stereocenters. The van der Waals surface area contributed by atoms with Gasteiger partial charge in [0.05, 0.1) is 17.3 Å². The molecule has 0 saturated carbocycles. The van der Waals surface area contributed by atoms with Crippen LogP contribution in [0.4, 0.5) is 0 Å². The number of pyridine rings is 1. The number of nitriles is 1. The van der Waals surface area contributed by atoms with E-state index < -0.39 is 0 Å². The molecule has 4 heteroatoms. The molecular formula is C12H12N4. The van der Waals surface area contributed by atoms with Crippen LogP contribution in [0.15, 0.2) is 18.3 Å². The van der Waals surface area contributed by atoms with E-state index in [0.717, 1.165) is 30.6 Å². The van der Waals surface area contributed by atoms with Crippen LogP contribution >= 0.6 is 0 Å². The first kappa shape index (κ1) is 9.37. The van der Waals surface area contributed by atoms with Crippen molar-refractivity contribution in [2.75, 3.05) is 0 Å². The molecule has 3 rings (SSSR count). The van der Waals surface area contributed by atoms with Gasteiger partial charge in [0.25, 0.3) is 0 Å². The number of aromatic nitrogens is 2. The topological polar surface area (TPSA) is 67.1 Å². The van der Waals surface area contributed by atoms with Crippen LogP contribution in [0.2, 0.25) is 0 Å². The van der Waals surface area contributed by atoms with Gasteiger partial charge in [0.15, 0.2) is 0 Å². The zero-order chi connectivity index (χ0) is 11.1. The average Bonchev–Trinajstić information content (AvgIpc) is 2.66. The van der Waals surface area contributed by atoms with Crippen molar-refractivity contribution in [2.45, 2.75) is 25.3 Å². The second kappa shape index (κ2) is 3.32. The van der Waals surface area contributed by atoms with Crippen molar-refractivity contribution in [3.63, 3.8) is 0 Å². The van der Waals surface area contributed by atoms with Gasteiger partial charge in [-0.25, -0.2) is 4.98 Å². The zero-order valence-electron chi connectivity index (χ0n) is 8.85. The SMILES string of the molecule is N#Cc1ccn2c3c(nc2c1)CC[C@H](N)C3. The van der Waals surface area contributed by atoms with Gasteiger partial charge in [-0.15, -0.1) is 0 Å². The smallest absolute Gasteiger partial charge is 0.138 e. The molecule has 0 radical (unpaired) electrons. The van der Waals surface area contributed by atoms with Crippen molar-refractivity contribution in [2.24, 2.45) is 5.73 Å². The fourth-order valence-electron chi connectivity index (χ4n) is 2.30. The Morgan fingerprint density at radius 2 is 2.44 bits per heavy atom. The molecule has 2 aromatic heterocycles. The van der Waals surface area contributed by atoms with Gasteiger partial charge in [-0.2, -0.15) is 5.26 Å². The van der Waals surface area contributed by atoms with E-state index in [9.17, 15) is 0 Å². The standard InChI is InChI=1S/C12H12N4/c13-7-8-3-4-16-11-6-9(14)1-2-10(11)15-12(16)5-8/h3-5,9H,1-2,6,14H2/t9-/m0/s1. The van der Waals surface area contributed by atoms with Crippen molar-refractivity contribution >= 4 is 5.65 Å². The summed E-state index contributed by atoms with van der Waals surface area (Å²) in [5.41, 5.74) is 9.82. The Bertz CT molecular complexity index is 591. The Labute approximate surface area is 93.3 Å². The fraction of sp³-hybridized carbons (Fsp3) is 0.333. The zero-order valence-corrected chi connectivity index (χ0v) is 8.85. The van der Waals surface area contributed by atoms with Crippen LogP contribution in [0, 0.1) is 11.3 Å². The van der Waals surface area contributed by atoms with Crippen molar-refractivity contribution in [1.82, 2.24) is 9.38 Å². The maximum Gasteiger partial charge on any atom is 0.138 e. The van der Waals surface area contributed by atoms with Gasteiger partial charge in [0.2, 0.25) is 0 Å². The molecule has 2 aromatic rings. The number of hydrogen-bond acceptors (Lipinski definition) is 3. The lowest BCUT2D eigenvalue weighted by Crippen LogP contribution is -2.28. The van der Waals surface area contributed by atoms with Crippen LogP contribution in [-0.2, 0) is 12.8 Å². The van der Waals surface area contributed by atoms with Gasteiger partial charge >= 0.3 is 0 Å². The van der Waals surface area contributed by atoms with E-state index in [1.165, 1.54) is 5.69 Å². The summed E-state index contributed by atoms with van der Waals surface area (Å²) in [6.45, 7) is 0. The van der Waals surface area contributed by atoms with Gasteiger partial charge < -0.3 is 10.1 Å². The summed E-state index contributed by atoms with van der Waals surface area (Å²) in [4.78, 5) is 4.55. The molecule has 2 heterocycles. The molecule has 0 spiro atoms. The predicted molar refractivity (Wildman–Crippen MR) is 59.9 cm³/mol. The maximum absolute atomic E-state index is 8.83. The summed E-state index contributed by atoms with van der Waals surface area (Å²) in [5.74, 6) is 0. The summed E-state index contributed by atoms with van der Waals surface area (Å²) >= 11 is 0. The average molecular weight is 212 g/mol. The quantitative estimate of drug-likeness (QED) is 0.709. The number of aryl methyl sites for hydroxylation is 1. The molecule has 16 heavy (non-hydrogen) atoms. The number of nitrogens with zero attached hydrogens (tertiary/aromatic N) is 3. The highest BCUT2D eigenvalue weighted by atomic mass is 15.0. The minimum absolute atomic E-state index is 0.239. The molecule has 0 aliphatic heterocycles. The van der Waals surface area contributed by atoms with Gasteiger partial charge in [-0.05, 0) is 25.0 Å². The summed E-state index contributed by atoms with van der Waals surface area (Å²) in [6, 6.07) is 6.01. The minimum Gasteiger partial charge on any atom is -0.327 e. The molecule has 4 nitrogen and oxygen atoms in total. The van der Waals surface area contributed by atoms with Gasteiger partial charge in [-0.3, -0.25) is 0 Å². The third kappa shape index (κ3) is 1.29. The molecule has 0 fully saturated rings. The number of nitrogens with two attached hydrogens (primary N) is 1. The van der Waals surface area contributed by atoms with E-state index in [1.54, 1.807) is 0 Å². The largest absolute Gasteiger partial charge is 0.327 e. The van der Waals surface area contributed by atoms with Crippen LogP contribution in [0.3, 0.4) is 0 Å². The molecule has 0 aromatic carbocycles. The normalized spacial score (nSPS) is 19.4. The lowest BCUT2D eigenvalue weighted by atomic mass is 9.97. The van der Waals surface area contributed by atoms with E-state index in [-0.39, 0.29) is 6.04 Å². The second-order valence-electron chi connectivity index (χ2n) is 4.26. The van der Waals surface area contributed by atoms with Crippen molar-refractivity contribution < 1.29 is 0 Å². The Morgan fingerprint density at radius 1 is 1.56 bits per heavy atom. The Kier molecular flexibility index (Phi) is 1.95. The third-order valence-corrected chi connectivity index (χ3v) is 3.14. The van der Waals surface area contributed by atoms with Crippen molar-refractivity contribution in [3.8, 4) is 6.07 Å². The number of fused-ring (bicyclic) bond motifs is 3. The Hall–Kier alpha value is -1.86. The molecule has 80 valence electrons. The highest BCUT2D eigenvalue weighted by Gasteiger charge is 2.20. The van der Waals surface area contributed by atoms with Crippen molar-refractivity contribution in [3.05, 3.63) is 35.3 Å².